The van der Waals surface area contributed by atoms with Crippen LogP contribution in [0.5, 0.6) is 0 Å². The van der Waals surface area contributed by atoms with Crippen molar-refractivity contribution in [1.82, 2.24) is 10.2 Å². The summed E-state index contributed by atoms with van der Waals surface area (Å²) in [6.07, 6.45) is 0.253. The molecule has 0 atom stereocenters. The van der Waals surface area contributed by atoms with Crippen LogP contribution in [0.3, 0.4) is 0 Å². The Bertz CT molecular complexity index is 228. The van der Waals surface area contributed by atoms with Crippen LogP contribution in [0, 0.1) is 0 Å². The van der Waals surface area contributed by atoms with Crippen molar-refractivity contribution in [3.05, 3.63) is 0 Å². The van der Waals surface area contributed by atoms with Crippen molar-refractivity contribution in [2.75, 3.05) is 6.54 Å². The highest BCUT2D eigenvalue weighted by Crippen LogP contribution is 1.99. The van der Waals surface area contributed by atoms with Gasteiger partial charge in [-0.05, 0) is 12.2 Å². The maximum atomic E-state index is 10.7. The molecule has 1 rings (SSSR count). The Morgan fingerprint density at radius 2 is 2.36 bits per heavy atom. The summed E-state index contributed by atoms with van der Waals surface area (Å²) in [5.74, 6) is -0.174. The van der Waals surface area contributed by atoms with Gasteiger partial charge in [-0.15, -0.1) is 0 Å². The van der Waals surface area contributed by atoms with Gasteiger partial charge in [0.2, 0.25) is 5.91 Å². The zero-order chi connectivity index (χ0) is 8.43. The molecule has 11 heavy (non-hydrogen) atoms. The third kappa shape index (κ3) is 1.64. The Morgan fingerprint density at radius 3 is 2.82 bits per heavy atom. The van der Waals surface area contributed by atoms with Gasteiger partial charge in [-0.3, -0.25) is 9.69 Å². The van der Waals surface area contributed by atoms with Crippen molar-refractivity contribution in [3.63, 3.8) is 0 Å². The molecule has 3 amide bonds. The minimum absolute atomic E-state index is 0.0914. The van der Waals surface area contributed by atoms with Crippen molar-refractivity contribution in [2.24, 2.45) is 5.73 Å². The summed E-state index contributed by atoms with van der Waals surface area (Å²) in [5.41, 5.74) is 4.95. The molecule has 0 bridgehead atoms. The number of primary amides is 1. The maximum Gasteiger partial charge on any atom is 0.321 e. The first-order chi connectivity index (χ1) is 5.11. The highest BCUT2D eigenvalue weighted by atomic mass is 32.1. The van der Waals surface area contributed by atoms with Crippen molar-refractivity contribution in [2.45, 2.75) is 6.42 Å². The van der Waals surface area contributed by atoms with Crippen molar-refractivity contribution in [1.29, 1.82) is 0 Å². The molecule has 0 aromatic heterocycles. The molecular formula is C5H7N3O2S. The minimum Gasteiger partial charge on any atom is -0.351 e. The van der Waals surface area contributed by atoms with Crippen LogP contribution in [-0.2, 0) is 4.79 Å². The summed E-state index contributed by atoms with van der Waals surface area (Å²) in [6, 6.07) is -0.630. The zero-order valence-corrected chi connectivity index (χ0v) is 6.48. The van der Waals surface area contributed by atoms with E-state index in [0.29, 0.717) is 0 Å². The van der Waals surface area contributed by atoms with Gasteiger partial charge in [-0.1, -0.05) is 0 Å². The second-order valence-corrected chi connectivity index (χ2v) is 2.48. The second kappa shape index (κ2) is 2.83. The normalized spacial score (nSPS) is 18.0. The topological polar surface area (TPSA) is 75.4 Å². The number of nitrogens with one attached hydrogen (secondary N) is 1. The van der Waals surface area contributed by atoms with Crippen LogP contribution in [0.4, 0.5) is 4.79 Å². The van der Waals surface area contributed by atoms with Gasteiger partial charge in [0.1, 0.15) is 0 Å². The first kappa shape index (κ1) is 7.93. The van der Waals surface area contributed by atoms with Crippen LogP contribution in [-0.4, -0.2) is 28.5 Å². The van der Waals surface area contributed by atoms with E-state index in [1.165, 1.54) is 0 Å². The molecule has 0 radical (unpaired) electrons. The highest BCUT2D eigenvalue weighted by molar-refractivity contribution is 7.80. The SMILES string of the molecule is NC(=O)N1CCC(=O)NC1=S. The molecule has 3 N–H and O–H groups in total. The van der Waals surface area contributed by atoms with E-state index in [-0.39, 0.29) is 24.0 Å². The van der Waals surface area contributed by atoms with E-state index in [1.54, 1.807) is 0 Å². The molecular weight excluding hydrogens is 166 g/mol. The monoisotopic (exact) mass is 173 g/mol. The van der Waals surface area contributed by atoms with E-state index >= 15 is 0 Å². The number of urea groups is 1. The molecule has 6 heteroatoms. The standard InChI is InChI=1S/C5H7N3O2S/c6-4(10)8-2-1-3(9)7-5(8)11/h1-2H2,(H2,6,10)(H,7,9,11). The summed E-state index contributed by atoms with van der Waals surface area (Å²) in [7, 11) is 0. The summed E-state index contributed by atoms with van der Waals surface area (Å²) in [5, 5.41) is 2.42. The molecule has 0 aromatic carbocycles. The van der Waals surface area contributed by atoms with Crippen LogP contribution < -0.4 is 11.1 Å². The molecule has 1 aliphatic heterocycles. The van der Waals surface area contributed by atoms with E-state index in [2.05, 4.69) is 17.5 Å². The lowest BCUT2D eigenvalue weighted by molar-refractivity contribution is -0.120. The third-order valence-electron chi connectivity index (χ3n) is 1.32. The van der Waals surface area contributed by atoms with Crippen molar-refractivity contribution >= 4 is 29.3 Å². The molecule has 5 nitrogen and oxygen atoms in total. The molecule has 1 heterocycles. The average Bonchev–Trinajstić information content (AvgIpc) is 1.85. The lowest BCUT2D eigenvalue weighted by Gasteiger charge is -2.25. The Morgan fingerprint density at radius 1 is 1.73 bits per heavy atom. The summed E-state index contributed by atoms with van der Waals surface area (Å²) < 4.78 is 0. The highest BCUT2D eigenvalue weighted by Gasteiger charge is 2.22. The fourth-order valence-electron chi connectivity index (χ4n) is 0.774. The quantitative estimate of drug-likeness (QED) is 0.469. The smallest absolute Gasteiger partial charge is 0.321 e. The minimum atomic E-state index is -0.630. The number of nitrogens with two attached hydrogens (primary N) is 1. The molecule has 0 aliphatic carbocycles. The van der Waals surface area contributed by atoms with Gasteiger partial charge < -0.3 is 11.1 Å². The summed E-state index contributed by atoms with van der Waals surface area (Å²) >= 11 is 4.67. The van der Waals surface area contributed by atoms with Crippen molar-refractivity contribution in [3.8, 4) is 0 Å². The van der Waals surface area contributed by atoms with Crippen LogP contribution in [0.2, 0.25) is 0 Å². The van der Waals surface area contributed by atoms with Gasteiger partial charge in [0.05, 0.1) is 0 Å². The number of nitrogens with zero attached hydrogens (tertiary/aromatic N) is 1. The molecule has 0 spiro atoms. The van der Waals surface area contributed by atoms with Gasteiger partial charge >= 0.3 is 6.03 Å². The number of carbonyl (C=O) groups excluding carboxylic acids is 2. The average molecular weight is 173 g/mol. The van der Waals surface area contributed by atoms with Gasteiger partial charge in [-0.2, -0.15) is 0 Å². The number of carbonyl (C=O) groups is 2. The molecule has 0 saturated carbocycles. The van der Waals surface area contributed by atoms with Gasteiger partial charge in [0.25, 0.3) is 0 Å². The van der Waals surface area contributed by atoms with Crippen LogP contribution in [0.1, 0.15) is 6.42 Å². The zero-order valence-electron chi connectivity index (χ0n) is 5.66. The first-order valence-electron chi connectivity index (χ1n) is 3.02. The Labute approximate surface area is 68.5 Å². The Hall–Kier alpha value is -1.17. The predicted molar refractivity (Wildman–Crippen MR) is 41.6 cm³/mol. The van der Waals surface area contributed by atoms with E-state index in [1.807, 2.05) is 0 Å². The lowest BCUT2D eigenvalue weighted by Crippen LogP contribution is -2.53. The number of hydrogen-bond donors (Lipinski definition) is 2. The van der Waals surface area contributed by atoms with E-state index < -0.39 is 6.03 Å². The second-order valence-electron chi connectivity index (χ2n) is 2.09. The lowest BCUT2D eigenvalue weighted by atomic mass is 10.3. The molecule has 60 valence electrons. The largest absolute Gasteiger partial charge is 0.351 e. The summed E-state index contributed by atoms with van der Waals surface area (Å²) in [6.45, 7) is 0.278. The van der Waals surface area contributed by atoms with Crippen LogP contribution in [0.15, 0.2) is 0 Å². The fourth-order valence-corrected chi connectivity index (χ4v) is 1.07. The Balaban J connectivity index is 2.65. The fraction of sp³-hybridized carbons (Fsp3) is 0.400. The van der Waals surface area contributed by atoms with Gasteiger partial charge in [0.15, 0.2) is 5.11 Å². The van der Waals surface area contributed by atoms with Crippen LogP contribution >= 0.6 is 12.2 Å². The van der Waals surface area contributed by atoms with E-state index in [9.17, 15) is 9.59 Å². The molecule has 1 aliphatic rings. The van der Waals surface area contributed by atoms with Gasteiger partial charge in [0, 0.05) is 13.0 Å². The van der Waals surface area contributed by atoms with Gasteiger partial charge in [-0.25, -0.2) is 4.79 Å². The van der Waals surface area contributed by atoms with E-state index in [4.69, 9.17) is 5.73 Å². The molecule has 1 saturated heterocycles. The predicted octanol–water partition coefficient (Wildman–Crippen LogP) is -0.828. The maximum absolute atomic E-state index is 10.7. The van der Waals surface area contributed by atoms with Crippen LogP contribution in [0.25, 0.3) is 0 Å². The number of thiocarbonyl (C=S) groups is 1. The number of amides is 3. The third-order valence-corrected chi connectivity index (χ3v) is 1.64. The van der Waals surface area contributed by atoms with Crippen molar-refractivity contribution < 1.29 is 9.59 Å². The molecule has 0 unspecified atom stereocenters. The van der Waals surface area contributed by atoms with E-state index in [0.717, 1.165) is 4.90 Å². The number of hydrogen-bond acceptors (Lipinski definition) is 3. The Kier molecular flexibility index (Phi) is 2.04. The first-order valence-corrected chi connectivity index (χ1v) is 3.43. The summed E-state index contributed by atoms with van der Waals surface area (Å²) in [4.78, 5) is 22.4. The molecule has 1 fully saturated rings. The molecule has 0 aromatic rings. The number of rotatable bonds is 0.